The number of nitrogens with zero attached hydrogens (tertiary/aromatic N) is 3. The zero-order valence-electron chi connectivity index (χ0n) is 13.7. The molecule has 8 heteroatoms. The van der Waals surface area contributed by atoms with E-state index >= 15 is 0 Å². The Labute approximate surface area is 161 Å². The van der Waals surface area contributed by atoms with Crippen molar-refractivity contribution in [3.63, 3.8) is 0 Å². The highest BCUT2D eigenvalue weighted by Crippen LogP contribution is 2.31. The topological polar surface area (TPSA) is 59.2 Å². The number of halogens is 2. The lowest BCUT2D eigenvalue weighted by molar-refractivity contribution is -0.130. The Morgan fingerprint density at radius 1 is 1.16 bits per heavy atom. The van der Waals surface area contributed by atoms with Gasteiger partial charge in [0.2, 0.25) is 11.8 Å². The molecule has 0 spiro atoms. The smallest absolute Gasteiger partial charge is 0.276 e. The fourth-order valence-corrected chi connectivity index (χ4v) is 3.92. The van der Waals surface area contributed by atoms with E-state index in [9.17, 15) is 4.79 Å². The highest BCUT2D eigenvalue weighted by atomic mass is 35.5. The van der Waals surface area contributed by atoms with Crippen LogP contribution in [0.2, 0.25) is 10.0 Å². The maximum atomic E-state index is 12.3. The van der Waals surface area contributed by atoms with Crippen LogP contribution in [0.15, 0.2) is 27.8 Å². The van der Waals surface area contributed by atoms with Gasteiger partial charge in [0, 0.05) is 30.3 Å². The molecule has 1 amide bonds. The van der Waals surface area contributed by atoms with Gasteiger partial charge in [-0.05, 0) is 31.0 Å². The number of benzene rings is 1. The lowest BCUT2D eigenvalue weighted by Gasteiger charge is -2.19. The van der Waals surface area contributed by atoms with E-state index in [0.717, 1.165) is 25.9 Å². The second-order valence-corrected chi connectivity index (χ2v) is 7.78. The predicted molar refractivity (Wildman–Crippen MR) is 100 cm³/mol. The number of rotatable bonds is 5. The van der Waals surface area contributed by atoms with Crippen molar-refractivity contribution in [2.75, 3.05) is 18.8 Å². The molecule has 2 heterocycles. The second kappa shape index (κ2) is 8.92. The number of likely N-dealkylation sites (tertiary alicyclic amines) is 1. The van der Waals surface area contributed by atoms with Gasteiger partial charge in [0.15, 0.2) is 0 Å². The van der Waals surface area contributed by atoms with Gasteiger partial charge in [0.25, 0.3) is 5.22 Å². The molecule has 0 radical (unpaired) electrons. The Balaban J connectivity index is 1.52. The summed E-state index contributed by atoms with van der Waals surface area (Å²) in [6, 6.07) is 5.10. The minimum Gasteiger partial charge on any atom is -0.411 e. The number of aromatic nitrogens is 2. The average molecular weight is 400 g/mol. The van der Waals surface area contributed by atoms with Crippen LogP contribution in [-0.2, 0) is 4.79 Å². The molecule has 0 N–H and O–H groups in total. The van der Waals surface area contributed by atoms with Gasteiger partial charge in [-0.2, -0.15) is 0 Å². The van der Waals surface area contributed by atoms with Gasteiger partial charge < -0.3 is 9.32 Å². The first-order chi connectivity index (χ1) is 12.1. The van der Waals surface area contributed by atoms with E-state index in [0.29, 0.717) is 38.9 Å². The standard InChI is InChI=1S/C17H19Cl2N3O2S/c18-12-5-6-13(14(19)11-12)16-20-21-17(24-16)25-10-7-15(23)22-8-3-1-2-4-9-22/h5-6,11H,1-4,7-10H2. The monoisotopic (exact) mass is 399 g/mol. The molecule has 1 aromatic carbocycles. The number of carbonyl (C=O) groups excluding carboxylic acids is 1. The van der Waals surface area contributed by atoms with Crippen molar-refractivity contribution in [3.8, 4) is 11.5 Å². The zero-order valence-corrected chi connectivity index (χ0v) is 16.0. The van der Waals surface area contributed by atoms with Gasteiger partial charge in [-0.3, -0.25) is 4.79 Å². The van der Waals surface area contributed by atoms with Crippen LogP contribution in [0.1, 0.15) is 32.1 Å². The third kappa shape index (κ3) is 5.12. The maximum Gasteiger partial charge on any atom is 0.276 e. The molecular formula is C17H19Cl2N3O2S. The van der Waals surface area contributed by atoms with Crippen molar-refractivity contribution < 1.29 is 9.21 Å². The third-order valence-corrected chi connectivity index (χ3v) is 5.44. The molecule has 3 rings (SSSR count). The fraction of sp³-hybridized carbons (Fsp3) is 0.471. The Morgan fingerprint density at radius 3 is 2.64 bits per heavy atom. The largest absolute Gasteiger partial charge is 0.411 e. The van der Waals surface area contributed by atoms with E-state index in [-0.39, 0.29) is 5.91 Å². The van der Waals surface area contributed by atoms with Gasteiger partial charge in [0.05, 0.1) is 10.6 Å². The number of thioether (sulfide) groups is 1. The van der Waals surface area contributed by atoms with Crippen molar-refractivity contribution in [2.45, 2.75) is 37.3 Å². The highest BCUT2D eigenvalue weighted by molar-refractivity contribution is 7.99. The first-order valence-electron chi connectivity index (χ1n) is 8.33. The molecule has 1 aromatic heterocycles. The molecule has 0 saturated carbocycles. The number of carbonyl (C=O) groups is 1. The average Bonchev–Trinajstić information content (AvgIpc) is 2.88. The molecule has 25 heavy (non-hydrogen) atoms. The van der Waals surface area contributed by atoms with Gasteiger partial charge in [0.1, 0.15) is 0 Å². The Kier molecular flexibility index (Phi) is 6.62. The van der Waals surface area contributed by atoms with E-state index in [2.05, 4.69) is 10.2 Å². The maximum absolute atomic E-state index is 12.3. The van der Waals surface area contributed by atoms with Crippen LogP contribution in [0, 0.1) is 0 Å². The van der Waals surface area contributed by atoms with Crippen LogP contribution >= 0.6 is 35.0 Å². The second-order valence-electron chi connectivity index (χ2n) is 5.89. The summed E-state index contributed by atoms with van der Waals surface area (Å²) in [5.74, 6) is 1.17. The van der Waals surface area contributed by atoms with Crippen LogP contribution < -0.4 is 0 Å². The van der Waals surface area contributed by atoms with E-state index < -0.39 is 0 Å². The molecule has 2 aromatic rings. The Hall–Kier alpha value is -1.24. The first kappa shape index (κ1) is 18.5. The summed E-state index contributed by atoms with van der Waals surface area (Å²) in [6.45, 7) is 1.76. The summed E-state index contributed by atoms with van der Waals surface area (Å²) in [7, 11) is 0. The molecule has 0 unspecified atom stereocenters. The summed E-state index contributed by atoms with van der Waals surface area (Å²) in [5, 5.41) is 9.47. The molecule has 1 aliphatic heterocycles. The molecule has 5 nitrogen and oxygen atoms in total. The number of hydrogen-bond donors (Lipinski definition) is 0. The van der Waals surface area contributed by atoms with Crippen molar-refractivity contribution >= 4 is 40.9 Å². The molecular weight excluding hydrogens is 381 g/mol. The van der Waals surface area contributed by atoms with E-state index in [4.69, 9.17) is 27.6 Å². The van der Waals surface area contributed by atoms with Crippen molar-refractivity contribution in [3.05, 3.63) is 28.2 Å². The molecule has 1 aliphatic rings. The van der Waals surface area contributed by atoms with Crippen LogP contribution in [0.4, 0.5) is 0 Å². The van der Waals surface area contributed by atoms with Crippen molar-refractivity contribution in [1.29, 1.82) is 0 Å². The number of amides is 1. The molecule has 1 fully saturated rings. The third-order valence-electron chi connectivity index (χ3n) is 4.07. The quantitative estimate of drug-likeness (QED) is 0.667. The van der Waals surface area contributed by atoms with Gasteiger partial charge in [-0.15, -0.1) is 10.2 Å². The zero-order chi connectivity index (χ0) is 17.6. The minimum absolute atomic E-state index is 0.204. The fourth-order valence-electron chi connectivity index (χ4n) is 2.74. The molecule has 0 atom stereocenters. The Bertz CT molecular complexity index is 730. The predicted octanol–water partition coefficient (Wildman–Crippen LogP) is 4.93. The molecule has 0 aliphatic carbocycles. The van der Waals surface area contributed by atoms with Gasteiger partial charge in [-0.25, -0.2) is 0 Å². The SMILES string of the molecule is O=C(CCSc1nnc(-c2ccc(Cl)cc2Cl)o1)N1CCCCCC1. The van der Waals surface area contributed by atoms with Crippen LogP contribution in [0.5, 0.6) is 0 Å². The molecule has 1 saturated heterocycles. The molecule has 0 bridgehead atoms. The lowest BCUT2D eigenvalue weighted by atomic mass is 10.2. The van der Waals surface area contributed by atoms with Crippen LogP contribution in [0.3, 0.4) is 0 Å². The summed E-state index contributed by atoms with van der Waals surface area (Å²) in [6.07, 6.45) is 5.12. The van der Waals surface area contributed by atoms with E-state index in [1.807, 2.05) is 4.90 Å². The Morgan fingerprint density at radius 2 is 1.92 bits per heavy atom. The van der Waals surface area contributed by atoms with Crippen molar-refractivity contribution in [2.24, 2.45) is 0 Å². The minimum atomic E-state index is 0.204. The van der Waals surface area contributed by atoms with Gasteiger partial charge in [-0.1, -0.05) is 47.8 Å². The van der Waals surface area contributed by atoms with Crippen LogP contribution in [-0.4, -0.2) is 39.8 Å². The summed E-state index contributed by atoms with van der Waals surface area (Å²) >= 11 is 13.4. The van der Waals surface area contributed by atoms with Crippen LogP contribution in [0.25, 0.3) is 11.5 Å². The first-order valence-corrected chi connectivity index (χ1v) is 10.1. The highest BCUT2D eigenvalue weighted by Gasteiger charge is 2.17. The summed E-state index contributed by atoms with van der Waals surface area (Å²) in [5.41, 5.74) is 0.644. The normalized spacial score (nSPS) is 15.2. The van der Waals surface area contributed by atoms with E-state index in [1.54, 1.807) is 18.2 Å². The lowest BCUT2D eigenvalue weighted by Crippen LogP contribution is -2.31. The van der Waals surface area contributed by atoms with E-state index in [1.165, 1.54) is 24.6 Å². The van der Waals surface area contributed by atoms with Gasteiger partial charge >= 0.3 is 0 Å². The number of hydrogen-bond acceptors (Lipinski definition) is 5. The molecule has 134 valence electrons. The van der Waals surface area contributed by atoms with Crippen molar-refractivity contribution in [1.82, 2.24) is 15.1 Å². The summed E-state index contributed by atoms with van der Waals surface area (Å²) in [4.78, 5) is 14.2. The summed E-state index contributed by atoms with van der Waals surface area (Å²) < 4.78 is 5.63.